The van der Waals surface area contributed by atoms with Gasteiger partial charge in [-0.05, 0) is 24.1 Å². The van der Waals surface area contributed by atoms with Crippen molar-refractivity contribution in [2.24, 2.45) is 0 Å². The Morgan fingerprint density at radius 3 is 2.83 bits per heavy atom. The Balaban J connectivity index is 2.30. The SMILES string of the molecule is CC=C1c2ccccc2C=Cn2c(OC)nnc21. The van der Waals surface area contributed by atoms with E-state index >= 15 is 0 Å². The van der Waals surface area contributed by atoms with Crippen molar-refractivity contribution >= 4 is 17.8 Å². The van der Waals surface area contributed by atoms with Crippen LogP contribution in [0.4, 0.5) is 0 Å². The third kappa shape index (κ3) is 1.46. The first-order chi connectivity index (χ1) is 8.85. The van der Waals surface area contributed by atoms with Crippen molar-refractivity contribution in [1.29, 1.82) is 0 Å². The van der Waals surface area contributed by atoms with Gasteiger partial charge in [0.15, 0.2) is 5.82 Å². The molecule has 90 valence electrons. The molecule has 1 aliphatic rings. The number of hydrogen-bond donors (Lipinski definition) is 0. The maximum Gasteiger partial charge on any atom is 0.321 e. The first kappa shape index (κ1) is 10.8. The van der Waals surface area contributed by atoms with Gasteiger partial charge in [0.2, 0.25) is 0 Å². The monoisotopic (exact) mass is 239 g/mol. The lowest BCUT2D eigenvalue weighted by Gasteiger charge is -2.06. The number of ether oxygens (including phenoxy) is 1. The zero-order chi connectivity index (χ0) is 12.5. The van der Waals surface area contributed by atoms with Crippen molar-refractivity contribution in [1.82, 2.24) is 14.8 Å². The van der Waals surface area contributed by atoms with E-state index in [1.807, 2.05) is 42.0 Å². The standard InChI is InChI=1S/C14H13N3O/c1-3-11-12-7-5-4-6-10(12)8-9-17-13(11)15-16-14(17)18-2/h3-9H,1-2H3. The Bertz CT molecular complexity index is 653. The summed E-state index contributed by atoms with van der Waals surface area (Å²) >= 11 is 0. The summed E-state index contributed by atoms with van der Waals surface area (Å²) in [7, 11) is 1.60. The molecule has 0 N–H and O–H groups in total. The van der Waals surface area contributed by atoms with Crippen LogP contribution in [0, 0.1) is 0 Å². The van der Waals surface area contributed by atoms with E-state index in [0.717, 1.165) is 22.5 Å². The summed E-state index contributed by atoms with van der Waals surface area (Å²) in [5.41, 5.74) is 3.38. The molecule has 4 heteroatoms. The van der Waals surface area contributed by atoms with Crippen LogP contribution >= 0.6 is 0 Å². The summed E-state index contributed by atoms with van der Waals surface area (Å²) in [5.74, 6) is 0.801. The minimum atomic E-state index is 0.494. The topological polar surface area (TPSA) is 39.9 Å². The highest BCUT2D eigenvalue weighted by Crippen LogP contribution is 2.31. The molecule has 3 rings (SSSR count). The number of rotatable bonds is 1. The lowest BCUT2D eigenvalue weighted by Crippen LogP contribution is -1.98. The zero-order valence-corrected chi connectivity index (χ0v) is 10.3. The predicted molar refractivity (Wildman–Crippen MR) is 71.0 cm³/mol. The largest absolute Gasteiger partial charge is 0.467 e. The molecular formula is C14H13N3O. The van der Waals surface area contributed by atoms with Gasteiger partial charge in [0.05, 0.1) is 7.11 Å². The van der Waals surface area contributed by atoms with Gasteiger partial charge in [-0.3, -0.25) is 4.57 Å². The normalized spacial score (nSPS) is 15.1. The fourth-order valence-corrected chi connectivity index (χ4v) is 2.18. The number of allylic oxidation sites excluding steroid dienone is 1. The van der Waals surface area contributed by atoms with Gasteiger partial charge in [0.25, 0.3) is 0 Å². The number of fused-ring (bicyclic) bond motifs is 2. The van der Waals surface area contributed by atoms with Gasteiger partial charge in [-0.15, -0.1) is 5.10 Å². The average molecular weight is 239 g/mol. The zero-order valence-electron chi connectivity index (χ0n) is 10.3. The van der Waals surface area contributed by atoms with Crippen molar-refractivity contribution < 1.29 is 4.74 Å². The second-order valence-electron chi connectivity index (χ2n) is 3.99. The highest BCUT2D eigenvalue weighted by molar-refractivity contribution is 5.86. The van der Waals surface area contributed by atoms with Gasteiger partial charge in [-0.2, -0.15) is 0 Å². The highest BCUT2D eigenvalue weighted by atomic mass is 16.5. The lowest BCUT2D eigenvalue weighted by molar-refractivity contribution is 0.374. The molecule has 0 atom stereocenters. The van der Waals surface area contributed by atoms with Crippen LogP contribution in [0.3, 0.4) is 0 Å². The summed E-state index contributed by atoms with van der Waals surface area (Å²) in [6.07, 6.45) is 6.02. The highest BCUT2D eigenvalue weighted by Gasteiger charge is 2.19. The molecule has 0 spiro atoms. The Kier molecular flexibility index (Phi) is 2.48. The van der Waals surface area contributed by atoms with Gasteiger partial charge < -0.3 is 4.74 Å². The maximum absolute atomic E-state index is 5.21. The van der Waals surface area contributed by atoms with Crippen LogP contribution in [0.2, 0.25) is 0 Å². The van der Waals surface area contributed by atoms with Crippen LogP contribution < -0.4 is 4.74 Å². The van der Waals surface area contributed by atoms with Crippen LogP contribution in [-0.4, -0.2) is 21.9 Å². The maximum atomic E-state index is 5.21. The molecule has 0 bridgehead atoms. The van der Waals surface area contributed by atoms with Crippen LogP contribution in [0.5, 0.6) is 6.01 Å². The van der Waals surface area contributed by atoms with E-state index in [1.165, 1.54) is 0 Å². The van der Waals surface area contributed by atoms with Crippen molar-refractivity contribution in [3.8, 4) is 6.01 Å². The smallest absolute Gasteiger partial charge is 0.321 e. The molecule has 0 saturated heterocycles. The van der Waals surface area contributed by atoms with Gasteiger partial charge in [-0.25, -0.2) is 0 Å². The molecule has 0 fully saturated rings. The minimum absolute atomic E-state index is 0.494. The average Bonchev–Trinajstić information content (AvgIpc) is 2.74. The number of hydrogen-bond acceptors (Lipinski definition) is 3. The van der Waals surface area contributed by atoms with E-state index in [4.69, 9.17) is 4.74 Å². The molecule has 2 aromatic rings. The number of methoxy groups -OCH3 is 1. The second-order valence-corrected chi connectivity index (χ2v) is 3.99. The summed E-state index contributed by atoms with van der Waals surface area (Å²) in [5, 5.41) is 8.23. The van der Waals surface area contributed by atoms with E-state index in [2.05, 4.69) is 22.3 Å². The fraction of sp³-hybridized carbons (Fsp3) is 0.143. The van der Waals surface area contributed by atoms with Crippen LogP contribution in [0.25, 0.3) is 17.8 Å². The van der Waals surface area contributed by atoms with E-state index < -0.39 is 0 Å². The van der Waals surface area contributed by atoms with Gasteiger partial charge in [0, 0.05) is 11.8 Å². The Morgan fingerprint density at radius 1 is 1.22 bits per heavy atom. The Morgan fingerprint density at radius 2 is 2.06 bits per heavy atom. The van der Waals surface area contributed by atoms with Crippen molar-refractivity contribution in [3.05, 3.63) is 47.3 Å². The molecule has 0 radical (unpaired) electrons. The summed E-state index contributed by atoms with van der Waals surface area (Å²) in [4.78, 5) is 0. The number of nitrogens with zero attached hydrogens (tertiary/aromatic N) is 3. The van der Waals surface area contributed by atoms with Crippen LogP contribution in [0.1, 0.15) is 23.9 Å². The quantitative estimate of drug-likeness (QED) is 0.655. The summed E-state index contributed by atoms with van der Waals surface area (Å²) < 4.78 is 7.07. The molecule has 0 aliphatic carbocycles. The van der Waals surface area contributed by atoms with E-state index in [-0.39, 0.29) is 0 Å². The van der Waals surface area contributed by atoms with Gasteiger partial charge in [-0.1, -0.05) is 35.4 Å². The molecule has 4 nitrogen and oxygen atoms in total. The van der Waals surface area contributed by atoms with E-state index in [0.29, 0.717) is 6.01 Å². The molecule has 0 amide bonds. The molecule has 1 aromatic heterocycles. The third-order valence-electron chi connectivity index (χ3n) is 3.03. The number of benzene rings is 1. The molecule has 1 aromatic carbocycles. The molecular weight excluding hydrogens is 226 g/mol. The fourth-order valence-electron chi connectivity index (χ4n) is 2.18. The van der Waals surface area contributed by atoms with Crippen LogP contribution in [0.15, 0.2) is 30.3 Å². The summed E-state index contributed by atoms with van der Waals surface area (Å²) in [6, 6.07) is 8.72. The first-order valence-corrected chi connectivity index (χ1v) is 5.78. The van der Waals surface area contributed by atoms with Crippen molar-refractivity contribution in [2.75, 3.05) is 7.11 Å². The molecule has 2 heterocycles. The first-order valence-electron chi connectivity index (χ1n) is 5.78. The van der Waals surface area contributed by atoms with E-state index in [1.54, 1.807) is 7.11 Å². The molecule has 1 aliphatic heterocycles. The van der Waals surface area contributed by atoms with Crippen molar-refractivity contribution in [3.63, 3.8) is 0 Å². The Hall–Kier alpha value is -2.36. The van der Waals surface area contributed by atoms with Crippen LogP contribution in [-0.2, 0) is 0 Å². The third-order valence-corrected chi connectivity index (χ3v) is 3.03. The molecule has 18 heavy (non-hydrogen) atoms. The second kappa shape index (κ2) is 4.14. The van der Waals surface area contributed by atoms with Gasteiger partial charge in [0.1, 0.15) is 0 Å². The Labute approximate surface area is 105 Å². The van der Waals surface area contributed by atoms with E-state index in [9.17, 15) is 0 Å². The molecule has 0 saturated carbocycles. The van der Waals surface area contributed by atoms with Gasteiger partial charge >= 0.3 is 6.01 Å². The van der Waals surface area contributed by atoms with Crippen molar-refractivity contribution in [2.45, 2.75) is 6.92 Å². The lowest BCUT2D eigenvalue weighted by atomic mass is 10.00. The minimum Gasteiger partial charge on any atom is -0.467 e. The predicted octanol–water partition coefficient (Wildman–Crippen LogP) is 2.68. The molecule has 0 unspecified atom stereocenters. The number of aromatic nitrogens is 3. The summed E-state index contributed by atoms with van der Waals surface area (Å²) in [6.45, 7) is 2.00.